The third-order valence-electron chi connectivity index (χ3n) is 4.96. The third kappa shape index (κ3) is 5.11. The molecule has 2 aromatic heterocycles. The molecular weight excluding hydrogens is 386 g/mol. The maximum absolute atomic E-state index is 12.8. The number of hydrogen-bond donors (Lipinski definition) is 4. The highest BCUT2D eigenvalue weighted by Gasteiger charge is 2.30. The molecule has 3 amide bonds. The number of aromatic amines is 1. The molecule has 10 nitrogen and oxygen atoms in total. The van der Waals surface area contributed by atoms with Gasteiger partial charge in [-0.15, -0.1) is 0 Å². The van der Waals surface area contributed by atoms with Gasteiger partial charge in [0, 0.05) is 18.7 Å². The first-order valence-corrected chi connectivity index (χ1v) is 9.96. The zero-order valence-corrected chi connectivity index (χ0v) is 16.9. The molecule has 1 saturated heterocycles. The summed E-state index contributed by atoms with van der Waals surface area (Å²) in [5.74, 6) is -1.20. The van der Waals surface area contributed by atoms with E-state index in [9.17, 15) is 19.6 Å². The molecule has 3 heterocycles. The molecule has 0 unspecified atom stereocenters. The number of pyridine rings is 1. The highest BCUT2D eigenvalue weighted by molar-refractivity contribution is 5.96. The zero-order chi connectivity index (χ0) is 21.7. The summed E-state index contributed by atoms with van der Waals surface area (Å²) < 4.78 is 0. The number of carbonyl (C=O) groups excluding carboxylic acids is 3. The standard InChI is InChI=1S/C20H25N7O3/c1-11(2)8-15(19(29)24-13(10-21)9-12-5-7-23-18(12)28)26-20(30)17-25-14-4-3-6-22-16(14)27-17/h3-4,6,11-13,15H,5,7-9H2,1-2H3,(H,23,28)(H,24,29)(H,26,30)(H,22,25,27)/t12-,13-,15-/m0/s1. The fraction of sp³-hybridized carbons (Fsp3) is 0.500. The average molecular weight is 411 g/mol. The molecule has 10 heteroatoms. The smallest absolute Gasteiger partial charge is 0.287 e. The molecule has 0 aliphatic carbocycles. The molecule has 4 N–H and O–H groups in total. The van der Waals surface area contributed by atoms with Crippen molar-refractivity contribution < 1.29 is 14.4 Å². The van der Waals surface area contributed by atoms with E-state index in [1.54, 1.807) is 18.3 Å². The molecular formula is C20H25N7O3. The molecule has 3 rings (SSSR count). The second-order valence-corrected chi connectivity index (χ2v) is 7.82. The predicted octanol–water partition coefficient (Wildman–Crippen LogP) is 0.637. The molecule has 30 heavy (non-hydrogen) atoms. The van der Waals surface area contributed by atoms with Crippen LogP contribution in [0.15, 0.2) is 18.3 Å². The zero-order valence-electron chi connectivity index (χ0n) is 16.9. The summed E-state index contributed by atoms with van der Waals surface area (Å²) in [6, 6.07) is 3.86. The van der Waals surface area contributed by atoms with Crippen LogP contribution >= 0.6 is 0 Å². The van der Waals surface area contributed by atoms with Gasteiger partial charge in [-0.2, -0.15) is 5.26 Å². The lowest BCUT2D eigenvalue weighted by Gasteiger charge is -2.22. The van der Waals surface area contributed by atoms with Gasteiger partial charge in [-0.05, 0) is 37.3 Å². The van der Waals surface area contributed by atoms with Gasteiger partial charge in [0.2, 0.25) is 11.8 Å². The molecule has 0 aromatic carbocycles. The first-order valence-electron chi connectivity index (χ1n) is 9.96. The SMILES string of the molecule is CC(C)C[C@H](NC(=O)c1nc2ncccc2[nH]1)C(=O)N[C@H](C#N)C[C@@H]1CCNC1=O. The van der Waals surface area contributed by atoms with E-state index in [4.69, 9.17) is 0 Å². The minimum atomic E-state index is -0.841. The second-order valence-electron chi connectivity index (χ2n) is 7.82. The lowest BCUT2D eigenvalue weighted by atomic mass is 9.98. The Morgan fingerprint density at radius 2 is 2.17 bits per heavy atom. The summed E-state index contributed by atoms with van der Waals surface area (Å²) in [6.07, 6.45) is 2.84. The van der Waals surface area contributed by atoms with E-state index in [2.05, 4.69) is 30.9 Å². The number of imidazole rings is 1. The summed E-state index contributed by atoms with van der Waals surface area (Å²) >= 11 is 0. The minimum absolute atomic E-state index is 0.0599. The van der Waals surface area contributed by atoms with Crippen LogP contribution in [0.2, 0.25) is 0 Å². The van der Waals surface area contributed by atoms with Crippen molar-refractivity contribution in [2.45, 2.75) is 45.2 Å². The topological polar surface area (TPSA) is 153 Å². The van der Waals surface area contributed by atoms with E-state index in [1.807, 2.05) is 19.9 Å². The van der Waals surface area contributed by atoms with Gasteiger partial charge in [-0.25, -0.2) is 9.97 Å². The van der Waals surface area contributed by atoms with Crippen molar-refractivity contribution in [2.24, 2.45) is 11.8 Å². The summed E-state index contributed by atoms with van der Waals surface area (Å²) in [5.41, 5.74) is 1.03. The maximum atomic E-state index is 12.8. The molecule has 1 fully saturated rings. The van der Waals surface area contributed by atoms with Crippen LogP contribution in [0.4, 0.5) is 0 Å². The number of amides is 3. The number of nitrogens with zero attached hydrogens (tertiary/aromatic N) is 3. The van der Waals surface area contributed by atoms with E-state index in [0.717, 1.165) is 0 Å². The van der Waals surface area contributed by atoms with Crippen molar-refractivity contribution in [3.05, 3.63) is 24.2 Å². The van der Waals surface area contributed by atoms with Crippen molar-refractivity contribution >= 4 is 28.9 Å². The van der Waals surface area contributed by atoms with Crippen molar-refractivity contribution in [1.82, 2.24) is 30.9 Å². The average Bonchev–Trinajstić information content (AvgIpc) is 3.32. The monoisotopic (exact) mass is 411 g/mol. The Hall–Kier alpha value is -3.48. The van der Waals surface area contributed by atoms with Crippen molar-refractivity contribution in [2.75, 3.05) is 6.54 Å². The van der Waals surface area contributed by atoms with Gasteiger partial charge in [0.1, 0.15) is 12.1 Å². The number of nitrogens with one attached hydrogen (secondary N) is 4. The van der Waals surface area contributed by atoms with Gasteiger partial charge < -0.3 is 20.9 Å². The van der Waals surface area contributed by atoms with Crippen molar-refractivity contribution in [1.29, 1.82) is 5.26 Å². The fourth-order valence-corrected chi connectivity index (χ4v) is 3.45. The Kier molecular flexibility index (Phi) is 6.61. The molecule has 1 aliphatic rings. The largest absolute Gasteiger partial charge is 0.356 e. The Morgan fingerprint density at radius 3 is 2.80 bits per heavy atom. The molecule has 3 atom stereocenters. The summed E-state index contributed by atoms with van der Waals surface area (Å²) in [7, 11) is 0. The summed E-state index contributed by atoms with van der Waals surface area (Å²) in [4.78, 5) is 48.4. The second kappa shape index (κ2) is 9.35. The van der Waals surface area contributed by atoms with Gasteiger partial charge >= 0.3 is 0 Å². The number of hydrogen-bond acceptors (Lipinski definition) is 6. The van der Waals surface area contributed by atoms with Gasteiger partial charge in [-0.3, -0.25) is 14.4 Å². The van der Waals surface area contributed by atoms with Crippen LogP contribution < -0.4 is 16.0 Å². The van der Waals surface area contributed by atoms with Crippen LogP contribution in [-0.2, 0) is 9.59 Å². The molecule has 158 valence electrons. The predicted molar refractivity (Wildman–Crippen MR) is 108 cm³/mol. The molecule has 2 aromatic rings. The Bertz CT molecular complexity index is 945. The van der Waals surface area contributed by atoms with Crippen LogP contribution in [0, 0.1) is 23.2 Å². The highest BCUT2D eigenvalue weighted by atomic mass is 16.2. The van der Waals surface area contributed by atoms with E-state index in [-0.39, 0.29) is 30.0 Å². The molecule has 0 bridgehead atoms. The molecule has 0 saturated carbocycles. The number of rotatable bonds is 8. The minimum Gasteiger partial charge on any atom is -0.356 e. The first-order chi connectivity index (χ1) is 14.4. The third-order valence-corrected chi connectivity index (χ3v) is 4.96. The van der Waals surface area contributed by atoms with Crippen LogP contribution in [0.5, 0.6) is 0 Å². The normalized spacial score (nSPS) is 17.9. The van der Waals surface area contributed by atoms with Crippen LogP contribution in [0.1, 0.15) is 43.7 Å². The fourth-order valence-electron chi connectivity index (χ4n) is 3.45. The van der Waals surface area contributed by atoms with Gasteiger partial charge in [-0.1, -0.05) is 13.8 Å². The summed E-state index contributed by atoms with van der Waals surface area (Å²) in [6.45, 7) is 4.44. The number of fused-ring (bicyclic) bond motifs is 1. The molecule has 0 radical (unpaired) electrons. The van der Waals surface area contributed by atoms with Crippen LogP contribution in [0.3, 0.4) is 0 Å². The van der Waals surface area contributed by atoms with E-state index in [1.165, 1.54) is 0 Å². The summed E-state index contributed by atoms with van der Waals surface area (Å²) in [5, 5.41) is 17.5. The lowest BCUT2D eigenvalue weighted by molar-refractivity contribution is -0.125. The Balaban J connectivity index is 1.67. The molecule has 0 spiro atoms. The van der Waals surface area contributed by atoms with Crippen molar-refractivity contribution in [3.8, 4) is 6.07 Å². The van der Waals surface area contributed by atoms with E-state index in [0.29, 0.717) is 30.6 Å². The van der Waals surface area contributed by atoms with Gasteiger partial charge in [0.25, 0.3) is 5.91 Å². The van der Waals surface area contributed by atoms with E-state index >= 15 is 0 Å². The number of H-pyrrole nitrogens is 1. The maximum Gasteiger partial charge on any atom is 0.287 e. The van der Waals surface area contributed by atoms with Crippen LogP contribution in [-0.4, -0.2) is 51.3 Å². The number of nitriles is 1. The number of carbonyl (C=O) groups is 3. The Morgan fingerprint density at radius 1 is 1.37 bits per heavy atom. The van der Waals surface area contributed by atoms with E-state index < -0.39 is 23.9 Å². The van der Waals surface area contributed by atoms with Crippen LogP contribution in [0.25, 0.3) is 11.2 Å². The van der Waals surface area contributed by atoms with Gasteiger partial charge in [0.15, 0.2) is 11.5 Å². The highest BCUT2D eigenvalue weighted by Crippen LogP contribution is 2.16. The first kappa shape index (κ1) is 21.2. The molecule has 1 aliphatic heterocycles. The van der Waals surface area contributed by atoms with Crippen molar-refractivity contribution in [3.63, 3.8) is 0 Å². The lowest BCUT2D eigenvalue weighted by Crippen LogP contribution is -2.50. The van der Waals surface area contributed by atoms with Gasteiger partial charge in [0.05, 0.1) is 11.6 Å². The Labute approximate surface area is 173 Å². The number of aromatic nitrogens is 3. The quantitative estimate of drug-likeness (QED) is 0.500.